The van der Waals surface area contributed by atoms with Gasteiger partial charge in [0.15, 0.2) is 0 Å². The van der Waals surface area contributed by atoms with Crippen LogP contribution in [0.15, 0.2) is 73.3 Å². The summed E-state index contributed by atoms with van der Waals surface area (Å²) in [6, 6.07) is 15.5. The minimum absolute atomic E-state index is 0.0526. The molecule has 28 heavy (non-hydrogen) atoms. The Hall–Kier alpha value is -3.05. The Morgan fingerprint density at radius 2 is 1.29 bits per heavy atom. The molecular weight excluding hydrogens is 348 g/mol. The number of amides is 1. The molecule has 0 spiro atoms. The van der Waals surface area contributed by atoms with Crippen LogP contribution < -0.4 is 10.6 Å². The van der Waals surface area contributed by atoms with Crippen molar-refractivity contribution >= 4 is 5.91 Å². The minimum atomic E-state index is -0.434. The smallest absolute Gasteiger partial charge is 0.242 e. The number of nitrogens with one attached hydrogen (secondary N) is 2. The molecule has 144 valence electrons. The summed E-state index contributed by atoms with van der Waals surface area (Å²) in [5, 5.41) is 6.41. The number of carbonyl (C=O) groups is 1. The van der Waals surface area contributed by atoms with Crippen LogP contribution in [0.4, 0.5) is 0 Å². The molecule has 0 saturated heterocycles. The first-order valence-electron chi connectivity index (χ1n) is 9.52. The maximum Gasteiger partial charge on any atom is 0.242 e. The highest BCUT2D eigenvalue weighted by Crippen LogP contribution is 2.20. The number of pyridine rings is 2. The Morgan fingerprint density at radius 1 is 0.786 bits per heavy atom. The van der Waals surface area contributed by atoms with Gasteiger partial charge >= 0.3 is 0 Å². The third-order valence-electron chi connectivity index (χ3n) is 4.67. The topological polar surface area (TPSA) is 66.9 Å². The Bertz CT molecular complexity index is 864. The highest BCUT2D eigenvalue weighted by molar-refractivity contribution is 5.83. The molecule has 0 radical (unpaired) electrons. The van der Waals surface area contributed by atoms with Gasteiger partial charge in [0.1, 0.15) is 6.04 Å². The summed E-state index contributed by atoms with van der Waals surface area (Å²) < 4.78 is 0. The Balaban J connectivity index is 1.73. The van der Waals surface area contributed by atoms with E-state index in [1.165, 1.54) is 5.56 Å². The summed E-state index contributed by atoms with van der Waals surface area (Å²) in [6.45, 7) is 5.38. The van der Waals surface area contributed by atoms with E-state index in [0.717, 1.165) is 16.7 Å². The number of aromatic nitrogens is 2. The molecule has 5 heteroatoms. The predicted octanol–water partition coefficient (Wildman–Crippen LogP) is 3.75. The number of carbonyl (C=O) groups excluding carboxylic acids is 1. The van der Waals surface area contributed by atoms with Gasteiger partial charge in [0.05, 0.1) is 0 Å². The zero-order valence-corrected chi connectivity index (χ0v) is 16.3. The maximum absolute atomic E-state index is 13.0. The van der Waals surface area contributed by atoms with Gasteiger partial charge in [-0.3, -0.25) is 20.1 Å². The lowest BCUT2D eigenvalue weighted by molar-refractivity contribution is -0.123. The Labute approximate surface area is 166 Å². The molecule has 2 N–H and O–H groups in total. The first-order valence-corrected chi connectivity index (χ1v) is 9.52. The Morgan fingerprint density at radius 3 is 1.82 bits per heavy atom. The summed E-state index contributed by atoms with van der Waals surface area (Å²) in [7, 11) is 0. The van der Waals surface area contributed by atoms with Crippen LogP contribution in [0.2, 0.25) is 0 Å². The van der Waals surface area contributed by atoms with Crippen molar-refractivity contribution in [3.8, 4) is 0 Å². The molecular formula is C23H26N4O. The van der Waals surface area contributed by atoms with E-state index in [-0.39, 0.29) is 5.91 Å². The first-order chi connectivity index (χ1) is 13.6. The molecule has 0 bridgehead atoms. The molecule has 2 aromatic heterocycles. The van der Waals surface area contributed by atoms with Crippen molar-refractivity contribution in [2.24, 2.45) is 0 Å². The van der Waals surface area contributed by atoms with Crippen LogP contribution in [-0.4, -0.2) is 15.9 Å². The highest BCUT2D eigenvalue weighted by Gasteiger charge is 2.20. The van der Waals surface area contributed by atoms with Crippen molar-refractivity contribution in [3.05, 3.63) is 95.6 Å². The number of hydrogen-bond donors (Lipinski definition) is 2. The van der Waals surface area contributed by atoms with Crippen molar-refractivity contribution in [1.29, 1.82) is 0 Å². The fraction of sp³-hybridized carbons (Fsp3) is 0.261. The molecule has 3 aromatic rings. The van der Waals surface area contributed by atoms with Crippen LogP contribution in [0.1, 0.15) is 48.1 Å². The maximum atomic E-state index is 13.0. The first kappa shape index (κ1) is 19.7. The van der Waals surface area contributed by atoms with Crippen molar-refractivity contribution in [2.45, 2.75) is 38.9 Å². The van der Waals surface area contributed by atoms with Gasteiger partial charge in [-0.25, -0.2) is 0 Å². The fourth-order valence-corrected chi connectivity index (χ4v) is 2.95. The van der Waals surface area contributed by atoms with Gasteiger partial charge in [-0.1, -0.05) is 38.1 Å². The molecule has 1 atom stereocenters. The van der Waals surface area contributed by atoms with Crippen LogP contribution in [0, 0.1) is 0 Å². The molecule has 0 saturated carbocycles. The normalized spacial score (nSPS) is 12.0. The summed E-state index contributed by atoms with van der Waals surface area (Å²) >= 11 is 0. The van der Waals surface area contributed by atoms with E-state index >= 15 is 0 Å². The molecule has 0 aliphatic rings. The standard InChI is InChI=1S/C23H26N4O/c1-17(2)20-3-5-21(6-4-20)22(26-15-18-7-11-24-12-8-18)23(28)27-16-19-9-13-25-14-10-19/h3-14,17,22,26H,15-16H2,1-2H3,(H,27,28). The van der Waals surface area contributed by atoms with E-state index in [9.17, 15) is 4.79 Å². The lowest BCUT2D eigenvalue weighted by Gasteiger charge is -2.20. The number of rotatable bonds is 8. The number of hydrogen-bond acceptors (Lipinski definition) is 4. The lowest BCUT2D eigenvalue weighted by atomic mass is 9.98. The Kier molecular flexibility index (Phi) is 6.87. The van der Waals surface area contributed by atoms with Crippen LogP contribution in [0.25, 0.3) is 0 Å². The van der Waals surface area contributed by atoms with Gasteiger partial charge in [0, 0.05) is 37.9 Å². The molecule has 1 aromatic carbocycles. The quantitative estimate of drug-likeness (QED) is 0.630. The van der Waals surface area contributed by atoms with Crippen LogP contribution in [-0.2, 0) is 17.9 Å². The number of nitrogens with zero attached hydrogens (tertiary/aromatic N) is 2. The molecule has 3 rings (SSSR count). The average molecular weight is 374 g/mol. The van der Waals surface area contributed by atoms with E-state index in [1.807, 2.05) is 36.4 Å². The number of benzene rings is 1. The third-order valence-corrected chi connectivity index (χ3v) is 4.67. The summed E-state index contributed by atoms with van der Waals surface area (Å²) in [5.74, 6) is 0.404. The van der Waals surface area contributed by atoms with Gasteiger partial charge in [0.2, 0.25) is 5.91 Å². The summed E-state index contributed by atoms with van der Waals surface area (Å²) in [5.41, 5.74) is 4.31. The molecule has 0 aliphatic carbocycles. The second-order valence-electron chi connectivity index (χ2n) is 7.06. The fourth-order valence-electron chi connectivity index (χ4n) is 2.95. The zero-order valence-electron chi connectivity index (χ0n) is 16.3. The van der Waals surface area contributed by atoms with E-state index in [0.29, 0.717) is 19.0 Å². The molecule has 1 amide bonds. The second-order valence-corrected chi connectivity index (χ2v) is 7.06. The van der Waals surface area contributed by atoms with E-state index < -0.39 is 6.04 Å². The molecule has 5 nitrogen and oxygen atoms in total. The van der Waals surface area contributed by atoms with Gasteiger partial charge in [-0.15, -0.1) is 0 Å². The van der Waals surface area contributed by atoms with Crippen LogP contribution in [0.5, 0.6) is 0 Å². The second kappa shape index (κ2) is 9.76. The zero-order chi connectivity index (χ0) is 19.8. The van der Waals surface area contributed by atoms with E-state index in [1.54, 1.807) is 24.8 Å². The summed E-state index contributed by atoms with van der Waals surface area (Å²) in [4.78, 5) is 21.0. The summed E-state index contributed by atoms with van der Waals surface area (Å²) in [6.07, 6.45) is 6.97. The van der Waals surface area contributed by atoms with Gasteiger partial charge in [-0.2, -0.15) is 0 Å². The van der Waals surface area contributed by atoms with Crippen LogP contribution >= 0.6 is 0 Å². The average Bonchev–Trinajstić information content (AvgIpc) is 2.74. The highest BCUT2D eigenvalue weighted by atomic mass is 16.2. The van der Waals surface area contributed by atoms with E-state index in [4.69, 9.17) is 0 Å². The van der Waals surface area contributed by atoms with Crippen molar-refractivity contribution in [1.82, 2.24) is 20.6 Å². The van der Waals surface area contributed by atoms with Gasteiger partial charge in [-0.05, 0) is 52.4 Å². The van der Waals surface area contributed by atoms with Gasteiger partial charge in [0.25, 0.3) is 0 Å². The van der Waals surface area contributed by atoms with Crippen LogP contribution in [0.3, 0.4) is 0 Å². The molecule has 1 unspecified atom stereocenters. The van der Waals surface area contributed by atoms with Crippen molar-refractivity contribution in [2.75, 3.05) is 0 Å². The van der Waals surface area contributed by atoms with Crippen molar-refractivity contribution in [3.63, 3.8) is 0 Å². The SMILES string of the molecule is CC(C)c1ccc(C(NCc2ccncc2)C(=O)NCc2ccncc2)cc1. The minimum Gasteiger partial charge on any atom is -0.350 e. The van der Waals surface area contributed by atoms with E-state index in [2.05, 4.69) is 46.6 Å². The van der Waals surface area contributed by atoms with Crippen molar-refractivity contribution < 1.29 is 4.79 Å². The molecule has 0 fully saturated rings. The third kappa shape index (κ3) is 5.47. The monoisotopic (exact) mass is 374 g/mol. The van der Waals surface area contributed by atoms with Gasteiger partial charge < -0.3 is 5.32 Å². The lowest BCUT2D eigenvalue weighted by Crippen LogP contribution is -2.37. The predicted molar refractivity (Wildman–Crippen MR) is 110 cm³/mol. The molecule has 0 aliphatic heterocycles. The largest absolute Gasteiger partial charge is 0.350 e. The molecule has 2 heterocycles.